The zero-order valence-electron chi connectivity index (χ0n) is 18.2. The fraction of sp³-hybridized carbons (Fsp3) is 0.333. The van der Waals surface area contributed by atoms with Crippen LogP contribution in [0.15, 0.2) is 30.3 Å². The van der Waals surface area contributed by atoms with E-state index in [0.717, 1.165) is 22.5 Å². The number of aromatic hydroxyl groups is 1. The maximum absolute atomic E-state index is 12.4. The van der Waals surface area contributed by atoms with E-state index in [1.807, 2.05) is 6.92 Å². The number of benzene rings is 1. The van der Waals surface area contributed by atoms with E-state index in [1.54, 1.807) is 30.3 Å². The number of aliphatic carboxylic acids is 1. The van der Waals surface area contributed by atoms with Gasteiger partial charge in [-0.3, -0.25) is 14.4 Å². The highest BCUT2D eigenvalue weighted by Crippen LogP contribution is 2.23. The van der Waals surface area contributed by atoms with E-state index in [0.29, 0.717) is 16.2 Å². The fourth-order valence-corrected chi connectivity index (χ4v) is 3.48. The third-order valence-corrected chi connectivity index (χ3v) is 5.24. The van der Waals surface area contributed by atoms with Gasteiger partial charge in [-0.15, -0.1) is 11.3 Å². The molecule has 1 heterocycles. The smallest absolute Gasteiger partial charge is 0.490 e. The summed E-state index contributed by atoms with van der Waals surface area (Å²) in [5, 5.41) is 22.0. The standard InChI is InChI=1S/C19H22N2O5S.C2HF3O2/c1-3-13-10-15(18(24)21-11-12-5-4-6-14(22)9-12)27-17(13)19(25)20-8-7-16(23)26-2;3-2(4,5)1(6)7/h4-6,9-10,22H,3,7-8,11H2,1-2H3,(H,20,25)(H,21,24);(H,6,7). The minimum absolute atomic E-state index is 0.0896. The van der Waals surface area contributed by atoms with Gasteiger partial charge in [0.2, 0.25) is 0 Å². The van der Waals surface area contributed by atoms with E-state index in [2.05, 4.69) is 15.4 Å². The first kappa shape index (κ1) is 28.4. The zero-order chi connectivity index (χ0) is 25.9. The number of phenolic OH excluding ortho intramolecular Hbond substituents is 1. The molecule has 13 heteroatoms. The van der Waals surface area contributed by atoms with Crippen LogP contribution in [-0.2, 0) is 27.3 Å². The van der Waals surface area contributed by atoms with Gasteiger partial charge in [-0.05, 0) is 35.7 Å². The predicted molar refractivity (Wildman–Crippen MR) is 116 cm³/mol. The first-order valence-electron chi connectivity index (χ1n) is 9.72. The molecule has 1 aromatic carbocycles. The van der Waals surface area contributed by atoms with E-state index >= 15 is 0 Å². The third kappa shape index (κ3) is 9.48. The maximum Gasteiger partial charge on any atom is 0.490 e. The van der Waals surface area contributed by atoms with Gasteiger partial charge < -0.3 is 25.6 Å². The van der Waals surface area contributed by atoms with Crippen molar-refractivity contribution in [1.82, 2.24) is 10.6 Å². The van der Waals surface area contributed by atoms with E-state index < -0.39 is 18.1 Å². The van der Waals surface area contributed by atoms with Crippen molar-refractivity contribution < 1.29 is 47.3 Å². The molecule has 34 heavy (non-hydrogen) atoms. The molecule has 9 nitrogen and oxygen atoms in total. The summed E-state index contributed by atoms with van der Waals surface area (Å²) in [4.78, 5) is 45.6. The number of phenols is 1. The van der Waals surface area contributed by atoms with Crippen molar-refractivity contribution in [2.24, 2.45) is 0 Å². The van der Waals surface area contributed by atoms with Crippen molar-refractivity contribution in [3.8, 4) is 5.75 Å². The van der Waals surface area contributed by atoms with Gasteiger partial charge in [-0.25, -0.2) is 4.79 Å². The van der Waals surface area contributed by atoms with Crippen LogP contribution < -0.4 is 10.6 Å². The number of esters is 1. The van der Waals surface area contributed by atoms with Gasteiger partial charge in [-0.1, -0.05) is 19.1 Å². The van der Waals surface area contributed by atoms with Crippen LogP contribution in [0.3, 0.4) is 0 Å². The molecule has 0 saturated carbocycles. The summed E-state index contributed by atoms with van der Waals surface area (Å²) in [6.45, 7) is 2.35. The van der Waals surface area contributed by atoms with Gasteiger partial charge in [0.15, 0.2) is 0 Å². The summed E-state index contributed by atoms with van der Waals surface area (Å²) in [5.41, 5.74) is 1.55. The molecule has 4 N–H and O–H groups in total. The van der Waals surface area contributed by atoms with Gasteiger partial charge in [0.1, 0.15) is 5.75 Å². The Hall–Kier alpha value is -3.61. The van der Waals surface area contributed by atoms with Gasteiger partial charge in [0.25, 0.3) is 11.8 Å². The Balaban J connectivity index is 0.000000718. The number of rotatable bonds is 8. The number of hydrogen-bond acceptors (Lipinski definition) is 7. The fourth-order valence-electron chi connectivity index (χ4n) is 2.39. The molecule has 0 spiro atoms. The van der Waals surface area contributed by atoms with Crippen molar-refractivity contribution in [1.29, 1.82) is 0 Å². The summed E-state index contributed by atoms with van der Waals surface area (Å²) in [6, 6.07) is 8.34. The summed E-state index contributed by atoms with van der Waals surface area (Å²) >= 11 is 1.11. The Bertz CT molecular complexity index is 1020. The number of nitrogens with one attached hydrogen (secondary N) is 2. The van der Waals surface area contributed by atoms with E-state index in [9.17, 15) is 32.7 Å². The Labute approximate surface area is 196 Å². The van der Waals surface area contributed by atoms with Crippen molar-refractivity contribution in [2.75, 3.05) is 13.7 Å². The van der Waals surface area contributed by atoms with Gasteiger partial charge in [0, 0.05) is 13.1 Å². The molecule has 186 valence electrons. The molecule has 0 bridgehead atoms. The highest BCUT2D eigenvalue weighted by Gasteiger charge is 2.38. The number of carbonyl (C=O) groups is 4. The SMILES string of the molecule is CCc1cc(C(=O)NCc2cccc(O)c2)sc1C(=O)NCCC(=O)OC.O=C(O)C(F)(F)F. The first-order chi connectivity index (χ1) is 15.9. The molecule has 0 saturated heterocycles. The number of thiophene rings is 1. The largest absolute Gasteiger partial charge is 0.508 e. The average molecular weight is 504 g/mol. The first-order valence-corrected chi connectivity index (χ1v) is 10.5. The summed E-state index contributed by atoms with van der Waals surface area (Å²) in [6.07, 6.45) is -4.39. The highest BCUT2D eigenvalue weighted by molar-refractivity contribution is 7.16. The minimum atomic E-state index is -5.08. The second-order valence-corrected chi connectivity index (χ2v) is 7.61. The number of halogens is 3. The lowest BCUT2D eigenvalue weighted by molar-refractivity contribution is -0.192. The monoisotopic (exact) mass is 504 g/mol. The molecule has 0 unspecified atom stereocenters. The second-order valence-electron chi connectivity index (χ2n) is 6.56. The molecule has 0 atom stereocenters. The maximum atomic E-state index is 12.4. The van der Waals surface area contributed by atoms with E-state index in [1.165, 1.54) is 7.11 Å². The number of aryl methyl sites for hydroxylation is 1. The number of methoxy groups -OCH3 is 1. The lowest BCUT2D eigenvalue weighted by atomic mass is 10.2. The molecule has 0 aliphatic rings. The summed E-state index contributed by atoms with van der Waals surface area (Å²) < 4.78 is 36.3. The van der Waals surface area contributed by atoms with Crippen LogP contribution in [0.25, 0.3) is 0 Å². The summed E-state index contributed by atoms with van der Waals surface area (Å²) in [7, 11) is 1.29. The molecule has 0 aliphatic heterocycles. The Morgan fingerprint density at radius 2 is 1.74 bits per heavy atom. The molecule has 0 radical (unpaired) electrons. The molecule has 1 aromatic heterocycles. The van der Waals surface area contributed by atoms with E-state index in [4.69, 9.17) is 9.90 Å². The number of carboxylic acid groups (broad SMARTS) is 1. The molecule has 2 aromatic rings. The number of hydrogen-bond donors (Lipinski definition) is 4. The number of carboxylic acids is 1. The van der Waals surface area contributed by atoms with Gasteiger partial charge in [0.05, 0.1) is 23.3 Å². The Kier molecular flexibility index (Phi) is 11.0. The molecule has 2 amide bonds. The predicted octanol–water partition coefficient (Wildman–Crippen LogP) is 2.87. The van der Waals surface area contributed by atoms with Crippen LogP contribution in [0.1, 0.15) is 43.8 Å². The molecule has 2 rings (SSSR count). The second kappa shape index (κ2) is 13.2. The molecular formula is C21H23F3N2O7S. The van der Waals surface area contributed by atoms with Gasteiger partial charge >= 0.3 is 18.1 Å². The van der Waals surface area contributed by atoms with E-state index in [-0.39, 0.29) is 37.1 Å². The molecule has 0 fully saturated rings. The van der Waals surface area contributed by atoms with Crippen molar-refractivity contribution in [3.63, 3.8) is 0 Å². The Morgan fingerprint density at radius 3 is 2.26 bits per heavy atom. The van der Waals surface area contributed by atoms with Crippen molar-refractivity contribution >= 4 is 35.1 Å². The quantitative estimate of drug-likeness (QED) is 0.405. The molecule has 0 aliphatic carbocycles. The average Bonchev–Trinajstić information content (AvgIpc) is 3.22. The lowest BCUT2D eigenvalue weighted by Gasteiger charge is -2.04. The summed E-state index contributed by atoms with van der Waals surface area (Å²) in [5.74, 6) is -3.62. The Morgan fingerprint density at radius 1 is 1.09 bits per heavy atom. The third-order valence-electron chi connectivity index (χ3n) is 4.07. The van der Waals surface area contributed by atoms with Crippen LogP contribution in [0, 0.1) is 0 Å². The zero-order valence-corrected chi connectivity index (χ0v) is 19.0. The number of amides is 2. The van der Waals surface area contributed by atoms with Crippen LogP contribution in [0.4, 0.5) is 13.2 Å². The van der Waals surface area contributed by atoms with Crippen LogP contribution in [0.2, 0.25) is 0 Å². The number of ether oxygens (including phenoxy) is 1. The number of carbonyl (C=O) groups excluding carboxylic acids is 3. The van der Waals surface area contributed by atoms with Crippen molar-refractivity contribution in [3.05, 3.63) is 51.2 Å². The minimum Gasteiger partial charge on any atom is -0.508 e. The van der Waals surface area contributed by atoms with Crippen LogP contribution >= 0.6 is 11.3 Å². The topological polar surface area (TPSA) is 142 Å². The lowest BCUT2D eigenvalue weighted by Crippen LogP contribution is -2.26. The van der Waals surface area contributed by atoms with Gasteiger partial charge in [-0.2, -0.15) is 13.2 Å². The molecular weight excluding hydrogens is 481 g/mol. The van der Waals surface area contributed by atoms with Crippen LogP contribution in [-0.4, -0.2) is 53.8 Å². The van der Waals surface area contributed by atoms with Crippen molar-refractivity contribution in [2.45, 2.75) is 32.5 Å². The highest BCUT2D eigenvalue weighted by atomic mass is 32.1. The van der Waals surface area contributed by atoms with Crippen LogP contribution in [0.5, 0.6) is 5.75 Å². The number of alkyl halides is 3. The normalized spacial score (nSPS) is 10.5.